The fraction of sp³-hybridized carbons (Fsp3) is 0.476. The first-order valence-corrected chi connectivity index (χ1v) is 12.8. The number of nitrogens with one attached hydrogen (secondary N) is 1. The number of carbonyl (C=O) groups excluding carboxylic acids is 1. The van der Waals surface area contributed by atoms with E-state index in [1.165, 1.54) is 17.0 Å². The molecule has 0 aliphatic carbocycles. The van der Waals surface area contributed by atoms with Crippen molar-refractivity contribution in [3.8, 4) is 11.5 Å². The third-order valence-electron chi connectivity index (χ3n) is 5.32. The molecule has 2 aliphatic rings. The van der Waals surface area contributed by atoms with Crippen molar-refractivity contribution in [3.05, 3.63) is 40.6 Å². The predicted molar refractivity (Wildman–Crippen MR) is 117 cm³/mol. The van der Waals surface area contributed by atoms with Gasteiger partial charge in [0.15, 0.2) is 21.3 Å². The molecule has 2 aliphatic heterocycles. The maximum Gasteiger partial charge on any atom is 0.221 e. The molecule has 10 heteroatoms. The van der Waals surface area contributed by atoms with Crippen LogP contribution < -0.4 is 14.8 Å². The van der Waals surface area contributed by atoms with Crippen LogP contribution in [-0.2, 0) is 19.4 Å². The predicted octanol–water partition coefficient (Wildman–Crippen LogP) is 1.87. The molecular weight excluding hydrogens is 440 g/mol. The number of sulfone groups is 1. The van der Waals surface area contributed by atoms with Crippen molar-refractivity contribution in [2.75, 3.05) is 51.8 Å². The summed E-state index contributed by atoms with van der Waals surface area (Å²) in [5.74, 6) is 0.405. The Bertz CT molecular complexity index is 987. The van der Waals surface area contributed by atoms with Gasteiger partial charge in [-0.1, -0.05) is 6.07 Å². The van der Waals surface area contributed by atoms with E-state index in [-0.39, 0.29) is 29.0 Å². The molecule has 1 atom stereocenters. The van der Waals surface area contributed by atoms with Crippen molar-refractivity contribution in [1.29, 1.82) is 0 Å². The number of carbonyl (C=O) groups is 1. The van der Waals surface area contributed by atoms with Gasteiger partial charge in [0.2, 0.25) is 5.91 Å². The summed E-state index contributed by atoms with van der Waals surface area (Å²) in [5.41, 5.74) is 0. The number of morpholine rings is 1. The fourth-order valence-corrected chi connectivity index (χ4v) is 5.75. The summed E-state index contributed by atoms with van der Waals surface area (Å²) >= 11 is 1.65. The zero-order valence-electron chi connectivity index (χ0n) is 17.1. The molecule has 2 aromatic rings. The third-order valence-corrected chi connectivity index (χ3v) is 8.01. The van der Waals surface area contributed by atoms with E-state index >= 15 is 0 Å². The molecule has 1 fully saturated rings. The van der Waals surface area contributed by atoms with Gasteiger partial charge in [-0.3, -0.25) is 9.69 Å². The zero-order chi connectivity index (χ0) is 21.7. The van der Waals surface area contributed by atoms with Crippen molar-refractivity contribution in [2.24, 2.45) is 0 Å². The lowest BCUT2D eigenvalue weighted by molar-refractivity contribution is -0.121. The van der Waals surface area contributed by atoms with Crippen LogP contribution in [0.5, 0.6) is 11.5 Å². The van der Waals surface area contributed by atoms with Crippen LogP contribution in [0.3, 0.4) is 0 Å². The third kappa shape index (κ3) is 5.57. The van der Waals surface area contributed by atoms with Crippen LogP contribution in [0, 0.1) is 0 Å². The number of rotatable bonds is 8. The molecule has 1 saturated heterocycles. The van der Waals surface area contributed by atoms with Crippen LogP contribution >= 0.6 is 11.3 Å². The van der Waals surface area contributed by atoms with E-state index in [2.05, 4.69) is 16.3 Å². The molecule has 3 heterocycles. The van der Waals surface area contributed by atoms with E-state index in [9.17, 15) is 13.2 Å². The van der Waals surface area contributed by atoms with Gasteiger partial charge in [-0.2, -0.15) is 0 Å². The van der Waals surface area contributed by atoms with Gasteiger partial charge in [0, 0.05) is 37.0 Å². The molecule has 4 rings (SSSR count). The Hall–Kier alpha value is -2.14. The van der Waals surface area contributed by atoms with E-state index < -0.39 is 9.84 Å². The van der Waals surface area contributed by atoms with Crippen LogP contribution in [0.2, 0.25) is 0 Å². The fourth-order valence-electron chi connectivity index (χ4n) is 3.64. The minimum absolute atomic E-state index is 0.0576. The molecule has 1 unspecified atom stereocenters. The normalized spacial score (nSPS) is 17.8. The number of benzene rings is 1. The van der Waals surface area contributed by atoms with Gasteiger partial charge in [0.05, 0.1) is 29.9 Å². The molecule has 0 spiro atoms. The first-order valence-electron chi connectivity index (χ1n) is 10.3. The van der Waals surface area contributed by atoms with Crippen LogP contribution in [0.4, 0.5) is 0 Å². The van der Waals surface area contributed by atoms with Crippen molar-refractivity contribution in [2.45, 2.75) is 17.4 Å². The maximum atomic E-state index is 12.7. The lowest BCUT2D eigenvalue weighted by atomic mass is 10.2. The topological polar surface area (TPSA) is 94.2 Å². The summed E-state index contributed by atoms with van der Waals surface area (Å²) < 4.78 is 41.7. The highest BCUT2D eigenvalue weighted by Gasteiger charge is 2.25. The van der Waals surface area contributed by atoms with Crippen molar-refractivity contribution in [1.82, 2.24) is 10.2 Å². The molecular formula is C21H26N2O6S2. The quantitative estimate of drug-likeness (QED) is 0.635. The minimum Gasteiger partial charge on any atom is -0.486 e. The van der Waals surface area contributed by atoms with Crippen molar-refractivity contribution < 1.29 is 27.4 Å². The van der Waals surface area contributed by atoms with Gasteiger partial charge < -0.3 is 19.5 Å². The first kappa shape index (κ1) is 22.1. The smallest absolute Gasteiger partial charge is 0.221 e. The number of ether oxygens (including phenoxy) is 3. The summed E-state index contributed by atoms with van der Waals surface area (Å²) in [6, 6.07) is 8.66. The van der Waals surface area contributed by atoms with Gasteiger partial charge >= 0.3 is 0 Å². The summed E-state index contributed by atoms with van der Waals surface area (Å²) in [4.78, 5) is 16.0. The number of nitrogens with zero attached hydrogens (tertiary/aromatic N) is 1. The number of hydrogen-bond acceptors (Lipinski definition) is 8. The Morgan fingerprint density at radius 1 is 1.10 bits per heavy atom. The van der Waals surface area contributed by atoms with Crippen LogP contribution in [-0.4, -0.2) is 71.0 Å². The average Bonchev–Trinajstić information content (AvgIpc) is 3.33. The summed E-state index contributed by atoms with van der Waals surface area (Å²) in [7, 11) is -3.61. The minimum atomic E-state index is -3.61. The largest absolute Gasteiger partial charge is 0.486 e. The van der Waals surface area contributed by atoms with Crippen LogP contribution in [0.25, 0.3) is 0 Å². The molecule has 0 bridgehead atoms. The molecule has 0 saturated carbocycles. The van der Waals surface area contributed by atoms with Gasteiger partial charge in [-0.05, 0) is 23.6 Å². The van der Waals surface area contributed by atoms with Gasteiger partial charge in [-0.15, -0.1) is 11.3 Å². The van der Waals surface area contributed by atoms with Gasteiger partial charge in [-0.25, -0.2) is 8.42 Å². The van der Waals surface area contributed by atoms with E-state index in [0.717, 1.165) is 13.1 Å². The second-order valence-electron chi connectivity index (χ2n) is 7.36. The number of amides is 1. The van der Waals surface area contributed by atoms with Crippen LogP contribution in [0.1, 0.15) is 17.3 Å². The average molecular weight is 467 g/mol. The lowest BCUT2D eigenvalue weighted by Crippen LogP contribution is -2.43. The summed E-state index contributed by atoms with van der Waals surface area (Å²) in [6.45, 7) is 4.20. The van der Waals surface area contributed by atoms with E-state index in [0.29, 0.717) is 44.5 Å². The Kier molecular flexibility index (Phi) is 7.11. The molecule has 31 heavy (non-hydrogen) atoms. The Morgan fingerprint density at radius 3 is 2.61 bits per heavy atom. The number of fused-ring (bicyclic) bond motifs is 1. The Balaban J connectivity index is 1.33. The first-order chi connectivity index (χ1) is 15.0. The molecule has 1 amide bonds. The number of thiophene rings is 1. The molecule has 0 radical (unpaired) electrons. The molecule has 8 nitrogen and oxygen atoms in total. The lowest BCUT2D eigenvalue weighted by Gasteiger charge is -2.34. The van der Waals surface area contributed by atoms with E-state index in [4.69, 9.17) is 14.2 Å². The SMILES string of the molecule is O=C(CCS(=O)(=O)c1ccc2c(c1)OCCO2)NCC(c1cccs1)N1CCOCC1. The monoisotopic (exact) mass is 466 g/mol. The maximum absolute atomic E-state index is 12.7. The van der Waals surface area contributed by atoms with Crippen molar-refractivity contribution >= 4 is 27.1 Å². The van der Waals surface area contributed by atoms with Crippen LogP contribution in [0.15, 0.2) is 40.6 Å². The van der Waals surface area contributed by atoms with E-state index in [1.54, 1.807) is 17.4 Å². The highest BCUT2D eigenvalue weighted by atomic mass is 32.2. The second-order valence-corrected chi connectivity index (χ2v) is 10.4. The van der Waals surface area contributed by atoms with E-state index in [1.807, 2.05) is 11.4 Å². The highest BCUT2D eigenvalue weighted by molar-refractivity contribution is 7.91. The summed E-state index contributed by atoms with van der Waals surface area (Å²) in [6.07, 6.45) is -0.100. The van der Waals surface area contributed by atoms with Gasteiger partial charge in [0.1, 0.15) is 13.2 Å². The standard InChI is InChI=1S/C21H26N2O6S2/c24-21(22-15-17(20-2-1-12-30-20)23-6-8-27-9-7-23)5-13-31(25,26)16-3-4-18-19(14-16)29-11-10-28-18/h1-4,12,14,17H,5-11,13,15H2,(H,22,24). The molecule has 1 aromatic carbocycles. The van der Waals surface area contributed by atoms with Crippen molar-refractivity contribution in [3.63, 3.8) is 0 Å². The summed E-state index contributed by atoms with van der Waals surface area (Å²) in [5, 5.41) is 4.94. The molecule has 168 valence electrons. The Morgan fingerprint density at radius 2 is 1.87 bits per heavy atom. The second kappa shape index (κ2) is 9.99. The van der Waals surface area contributed by atoms with Gasteiger partial charge in [0.25, 0.3) is 0 Å². The zero-order valence-corrected chi connectivity index (χ0v) is 18.8. The molecule has 1 aromatic heterocycles. The molecule has 1 N–H and O–H groups in total. The Labute approximate surface area is 186 Å². The highest BCUT2D eigenvalue weighted by Crippen LogP contribution is 2.32. The number of hydrogen-bond donors (Lipinski definition) is 1.